The van der Waals surface area contributed by atoms with Gasteiger partial charge in [-0.15, -0.1) is 0 Å². The molecule has 0 amide bonds. The lowest BCUT2D eigenvalue weighted by atomic mass is 10.2. The van der Waals surface area contributed by atoms with Gasteiger partial charge in [0.05, 0.1) is 16.4 Å². The van der Waals surface area contributed by atoms with E-state index in [-0.39, 0.29) is 0 Å². The topological polar surface area (TPSA) is 36.1 Å². The van der Waals surface area contributed by atoms with Gasteiger partial charge in [0, 0.05) is 3.57 Å². The molecule has 0 aliphatic rings. The summed E-state index contributed by atoms with van der Waals surface area (Å²) in [6, 6.07) is 7.31. The zero-order valence-electron chi connectivity index (χ0n) is 5.91. The van der Waals surface area contributed by atoms with Gasteiger partial charge in [0.2, 0.25) is 0 Å². The fourth-order valence-electron chi connectivity index (χ4n) is 0.717. The Balaban J connectivity index is 3.20. The van der Waals surface area contributed by atoms with Crippen LogP contribution in [0.15, 0.2) is 23.2 Å². The van der Waals surface area contributed by atoms with E-state index in [1.54, 1.807) is 18.2 Å². The lowest BCUT2D eigenvalue weighted by molar-refractivity contribution is 1.44. The van der Waals surface area contributed by atoms with Gasteiger partial charge < -0.3 is 0 Å². The molecule has 1 rings (SSSR count). The van der Waals surface area contributed by atoms with Gasteiger partial charge in [-0.25, -0.2) is 0 Å². The van der Waals surface area contributed by atoms with Crippen molar-refractivity contribution in [2.75, 3.05) is 0 Å². The Morgan fingerprint density at radius 1 is 1.50 bits per heavy atom. The summed E-state index contributed by atoms with van der Waals surface area (Å²) in [5, 5.41) is 10.9. The lowest BCUT2D eigenvalue weighted by Crippen LogP contribution is -1.78. The third-order valence-corrected chi connectivity index (χ3v) is 2.23. The average molecular weight is 286 g/mol. The lowest BCUT2D eigenvalue weighted by Gasteiger charge is -1.94. The molecule has 2 nitrogen and oxygen atoms in total. The number of aliphatic imine (C=N–C) groups is 1. The van der Waals surface area contributed by atoms with E-state index in [1.165, 1.54) is 0 Å². The normalized spacial score (nSPS) is 8.33. The van der Waals surface area contributed by atoms with Crippen LogP contribution in [0.3, 0.4) is 0 Å². The number of rotatable bonds is 1. The standard InChI is InChI=1S/C8H3IN2S/c9-8-3-7(11-5-12)2-1-6(8)4-10/h1-3H. The molecule has 1 aromatic rings. The summed E-state index contributed by atoms with van der Waals surface area (Å²) in [4.78, 5) is 3.79. The Bertz CT molecular complexity index is 389. The quantitative estimate of drug-likeness (QED) is 0.452. The first-order chi connectivity index (χ1) is 5.77. The molecule has 0 fully saturated rings. The zero-order valence-corrected chi connectivity index (χ0v) is 8.89. The number of hydrogen-bond acceptors (Lipinski definition) is 3. The van der Waals surface area contributed by atoms with E-state index in [2.05, 4.69) is 51.0 Å². The van der Waals surface area contributed by atoms with Gasteiger partial charge in [0.15, 0.2) is 0 Å². The van der Waals surface area contributed by atoms with E-state index in [1.807, 2.05) is 0 Å². The second kappa shape index (κ2) is 4.31. The molecule has 12 heavy (non-hydrogen) atoms. The molecule has 0 N–H and O–H groups in total. The van der Waals surface area contributed by atoms with E-state index in [9.17, 15) is 0 Å². The summed E-state index contributed by atoms with van der Waals surface area (Å²) in [6.07, 6.45) is 0. The van der Waals surface area contributed by atoms with Crippen molar-refractivity contribution < 1.29 is 0 Å². The van der Waals surface area contributed by atoms with Crippen LogP contribution in [0.1, 0.15) is 5.56 Å². The molecule has 0 atom stereocenters. The molecular weight excluding hydrogens is 283 g/mol. The van der Waals surface area contributed by atoms with Gasteiger partial charge in [-0.1, -0.05) is 0 Å². The summed E-state index contributed by atoms with van der Waals surface area (Å²) in [6.45, 7) is 0. The minimum Gasteiger partial charge on any atom is -0.195 e. The van der Waals surface area contributed by atoms with Crippen molar-refractivity contribution in [3.8, 4) is 6.07 Å². The van der Waals surface area contributed by atoms with E-state index in [0.29, 0.717) is 5.56 Å². The van der Waals surface area contributed by atoms with Crippen molar-refractivity contribution in [2.24, 2.45) is 4.99 Å². The first-order valence-electron chi connectivity index (χ1n) is 3.05. The molecule has 0 unspecified atom stereocenters. The highest BCUT2D eigenvalue weighted by Gasteiger charge is 1.98. The maximum Gasteiger partial charge on any atom is 0.100 e. The summed E-state index contributed by atoms with van der Waals surface area (Å²) in [5.41, 5.74) is 1.38. The molecule has 0 bridgehead atoms. The highest BCUT2D eigenvalue weighted by Crippen LogP contribution is 2.18. The van der Waals surface area contributed by atoms with Crippen molar-refractivity contribution in [3.63, 3.8) is 0 Å². The second-order valence-corrected chi connectivity index (χ2v) is 3.32. The summed E-state index contributed by atoms with van der Waals surface area (Å²) in [7, 11) is 0. The molecule has 0 aliphatic heterocycles. The SMILES string of the molecule is N#Cc1ccc(N=C=S)cc1I. The smallest absolute Gasteiger partial charge is 0.100 e. The van der Waals surface area contributed by atoms with Crippen molar-refractivity contribution in [2.45, 2.75) is 0 Å². The zero-order chi connectivity index (χ0) is 8.97. The number of halogens is 1. The van der Waals surface area contributed by atoms with Crippen LogP contribution in [-0.4, -0.2) is 5.16 Å². The summed E-state index contributed by atoms with van der Waals surface area (Å²) in [5.74, 6) is 0. The molecule has 0 aromatic heterocycles. The minimum atomic E-state index is 0.652. The van der Waals surface area contributed by atoms with Crippen LogP contribution in [0.5, 0.6) is 0 Å². The van der Waals surface area contributed by atoms with Crippen LogP contribution < -0.4 is 0 Å². The maximum absolute atomic E-state index is 8.62. The number of benzene rings is 1. The Hall–Kier alpha value is -0.760. The van der Waals surface area contributed by atoms with Crippen molar-refractivity contribution in [1.82, 2.24) is 0 Å². The van der Waals surface area contributed by atoms with Crippen LogP contribution in [0.2, 0.25) is 0 Å². The molecule has 58 valence electrons. The fourth-order valence-corrected chi connectivity index (χ4v) is 1.44. The van der Waals surface area contributed by atoms with Gasteiger partial charge in [0.25, 0.3) is 0 Å². The minimum absolute atomic E-state index is 0.652. The number of nitriles is 1. The first kappa shape index (κ1) is 9.33. The number of hydrogen-bond donors (Lipinski definition) is 0. The van der Waals surface area contributed by atoms with E-state index < -0.39 is 0 Å². The van der Waals surface area contributed by atoms with Gasteiger partial charge in [-0.05, 0) is 53.0 Å². The molecule has 0 aliphatic carbocycles. The van der Waals surface area contributed by atoms with Gasteiger partial charge in [-0.2, -0.15) is 10.3 Å². The fraction of sp³-hybridized carbons (Fsp3) is 0. The Morgan fingerprint density at radius 2 is 2.25 bits per heavy atom. The summed E-state index contributed by atoms with van der Waals surface area (Å²) >= 11 is 6.54. The van der Waals surface area contributed by atoms with E-state index >= 15 is 0 Å². The molecule has 4 heteroatoms. The monoisotopic (exact) mass is 286 g/mol. The molecule has 0 heterocycles. The van der Waals surface area contributed by atoms with E-state index in [4.69, 9.17) is 5.26 Å². The molecule has 0 spiro atoms. The highest BCUT2D eigenvalue weighted by molar-refractivity contribution is 14.1. The number of nitrogens with zero attached hydrogens (tertiary/aromatic N) is 2. The summed E-state index contributed by atoms with van der Waals surface area (Å²) < 4.78 is 0.876. The Labute approximate surface area is 89.1 Å². The maximum atomic E-state index is 8.62. The van der Waals surface area contributed by atoms with Gasteiger partial charge in [0.1, 0.15) is 6.07 Å². The third kappa shape index (κ3) is 2.11. The van der Waals surface area contributed by atoms with E-state index in [0.717, 1.165) is 9.26 Å². The number of thiocarbonyl (C=S) groups is 1. The van der Waals surface area contributed by atoms with Crippen LogP contribution >= 0.6 is 34.8 Å². The highest BCUT2D eigenvalue weighted by atomic mass is 127. The molecule has 0 saturated carbocycles. The van der Waals surface area contributed by atoms with Crippen LogP contribution in [0, 0.1) is 14.9 Å². The molecule has 1 aromatic carbocycles. The van der Waals surface area contributed by atoms with Crippen LogP contribution in [0.4, 0.5) is 5.69 Å². The molecule has 0 saturated heterocycles. The second-order valence-electron chi connectivity index (χ2n) is 1.98. The predicted octanol–water partition coefficient (Wildman–Crippen LogP) is 2.90. The van der Waals surface area contributed by atoms with Crippen molar-refractivity contribution >= 4 is 45.7 Å². The van der Waals surface area contributed by atoms with Crippen molar-refractivity contribution in [1.29, 1.82) is 5.26 Å². The Kier molecular flexibility index (Phi) is 3.35. The largest absolute Gasteiger partial charge is 0.195 e. The van der Waals surface area contributed by atoms with Gasteiger partial charge >= 0.3 is 0 Å². The third-order valence-electron chi connectivity index (χ3n) is 1.25. The Morgan fingerprint density at radius 3 is 2.75 bits per heavy atom. The average Bonchev–Trinajstić information content (AvgIpc) is 2.05. The predicted molar refractivity (Wildman–Crippen MR) is 58.6 cm³/mol. The van der Waals surface area contributed by atoms with Crippen LogP contribution in [-0.2, 0) is 0 Å². The number of isothiocyanates is 1. The molecular formula is C8H3IN2S. The first-order valence-corrected chi connectivity index (χ1v) is 4.54. The van der Waals surface area contributed by atoms with Crippen LogP contribution in [0.25, 0.3) is 0 Å². The van der Waals surface area contributed by atoms with Gasteiger partial charge in [-0.3, -0.25) is 0 Å². The van der Waals surface area contributed by atoms with Crippen molar-refractivity contribution in [3.05, 3.63) is 27.3 Å². The molecule has 0 radical (unpaired) electrons.